The zero-order valence-electron chi connectivity index (χ0n) is 20.4. The van der Waals surface area contributed by atoms with Crippen molar-refractivity contribution in [2.45, 2.75) is 72.4 Å². The number of aliphatic carboxylic acids is 1. The molecule has 0 aliphatic heterocycles. The zero-order chi connectivity index (χ0) is 24.7. The average Bonchev–Trinajstić information content (AvgIpc) is 3.11. The zero-order valence-corrected chi connectivity index (χ0v) is 20.4. The molecule has 3 rings (SSSR count). The summed E-state index contributed by atoms with van der Waals surface area (Å²) in [5, 5.41) is 12.3. The van der Waals surface area contributed by atoms with Crippen LogP contribution in [0.1, 0.15) is 64.8 Å². The fourth-order valence-corrected chi connectivity index (χ4v) is 3.78. The Morgan fingerprint density at radius 2 is 1.79 bits per heavy atom. The molecule has 3 aromatic rings. The number of hydrogen-bond acceptors (Lipinski definition) is 5. The number of nitrogens with one attached hydrogen (secondary N) is 1. The lowest BCUT2D eigenvalue weighted by Crippen LogP contribution is -2.28. The molecule has 2 aromatic heterocycles. The maximum Gasteiger partial charge on any atom is 0.344 e. The molecular weight excluding hydrogens is 432 g/mol. The number of fused-ring (bicyclic) bond motifs is 1. The largest absolute Gasteiger partial charge is 0.479 e. The van der Waals surface area contributed by atoms with Crippen molar-refractivity contribution in [1.29, 1.82) is 0 Å². The van der Waals surface area contributed by atoms with Crippen LogP contribution in [0.5, 0.6) is 5.75 Å². The minimum atomic E-state index is -0.959. The Labute approximate surface area is 200 Å². The summed E-state index contributed by atoms with van der Waals surface area (Å²) in [6.07, 6.45) is 2.56. The second-order valence-electron chi connectivity index (χ2n) is 8.92. The van der Waals surface area contributed by atoms with E-state index in [1.807, 2.05) is 39.0 Å². The van der Waals surface area contributed by atoms with E-state index in [0.717, 1.165) is 41.8 Å². The number of ether oxygens (including phenoxy) is 1. The third-order valence-corrected chi connectivity index (χ3v) is 5.39. The summed E-state index contributed by atoms with van der Waals surface area (Å²) in [5.41, 5.74) is 2.53. The molecule has 0 bridgehead atoms. The molecular formula is C26H34N4O4. The van der Waals surface area contributed by atoms with Gasteiger partial charge in [0.1, 0.15) is 22.9 Å². The van der Waals surface area contributed by atoms with Crippen LogP contribution in [0.3, 0.4) is 0 Å². The van der Waals surface area contributed by atoms with E-state index in [1.54, 1.807) is 18.2 Å². The van der Waals surface area contributed by atoms with Crippen molar-refractivity contribution in [2.24, 2.45) is 5.92 Å². The first-order valence-electron chi connectivity index (χ1n) is 11.9. The van der Waals surface area contributed by atoms with E-state index < -0.39 is 12.1 Å². The van der Waals surface area contributed by atoms with E-state index >= 15 is 0 Å². The molecule has 34 heavy (non-hydrogen) atoms. The van der Waals surface area contributed by atoms with E-state index in [9.17, 15) is 14.7 Å². The number of aromatic nitrogens is 3. The van der Waals surface area contributed by atoms with E-state index in [2.05, 4.69) is 21.8 Å². The van der Waals surface area contributed by atoms with Crippen LogP contribution in [0.25, 0.3) is 11.2 Å². The highest BCUT2D eigenvalue weighted by Gasteiger charge is 2.21. The van der Waals surface area contributed by atoms with Gasteiger partial charge in [-0.25, -0.2) is 14.8 Å². The van der Waals surface area contributed by atoms with Gasteiger partial charge >= 0.3 is 5.97 Å². The van der Waals surface area contributed by atoms with Gasteiger partial charge in [0.25, 0.3) is 0 Å². The monoisotopic (exact) mass is 466 g/mol. The van der Waals surface area contributed by atoms with Crippen LogP contribution in [0.2, 0.25) is 0 Å². The smallest absolute Gasteiger partial charge is 0.344 e. The van der Waals surface area contributed by atoms with Crippen molar-refractivity contribution in [3.8, 4) is 5.75 Å². The molecule has 1 unspecified atom stereocenters. The number of pyridine rings is 1. The molecule has 1 atom stereocenters. The van der Waals surface area contributed by atoms with Crippen LogP contribution in [-0.4, -0.2) is 37.6 Å². The van der Waals surface area contributed by atoms with E-state index in [-0.39, 0.29) is 11.8 Å². The van der Waals surface area contributed by atoms with Crippen LogP contribution < -0.4 is 10.1 Å². The average molecular weight is 467 g/mol. The second-order valence-corrected chi connectivity index (χ2v) is 8.92. The summed E-state index contributed by atoms with van der Waals surface area (Å²) in [7, 11) is 0. The first-order valence-corrected chi connectivity index (χ1v) is 11.9. The van der Waals surface area contributed by atoms with Crippen molar-refractivity contribution in [3.05, 3.63) is 47.8 Å². The molecule has 1 amide bonds. The fourth-order valence-electron chi connectivity index (χ4n) is 3.78. The van der Waals surface area contributed by atoms with Gasteiger partial charge in [0.15, 0.2) is 11.8 Å². The van der Waals surface area contributed by atoms with Crippen molar-refractivity contribution < 1.29 is 19.4 Å². The van der Waals surface area contributed by atoms with Crippen LogP contribution in [0.15, 0.2) is 36.4 Å². The third kappa shape index (κ3) is 6.56. The molecule has 2 N–H and O–H groups in total. The Hall–Kier alpha value is -3.42. The van der Waals surface area contributed by atoms with Crippen LogP contribution in [-0.2, 0) is 22.6 Å². The van der Waals surface area contributed by atoms with Gasteiger partial charge < -0.3 is 19.7 Å². The van der Waals surface area contributed by atoms with Gasteiger partial charge in [-0.15, -0.1) is 0 Å². The number of rotatable bonds is 12. The fraction of sp³-hybridized carbons (Fsp3) is 0.462. The minimum absolute atomic E-state index is 0.0538. The number of carboxylic acids is 1. The van der Waals surface area contributed by atoms with Crippen LogP contribution >= 0.6 is 0 Å². The Balaban J connectivity index is 1.84. The quantitative estimate of drug-likeness (QED) is 0.387. The summed E-state index contributed by atoms with van der Waals surface area (Å²) in [4.78, 5) is 33.0. The maximum atomic E-state index is 12.0. The van der Waals surface area contributed by atoms with Crippen LogP contribution in [0, 0.1) is 5.92 Å². The molecule has 2 heterocycles. The van der Waals surface area contributed by atoms with E-state index in [4.69, 9.17) is 9.72 Å². The van der Waals surface area contributed by atoms with Crippen molar-refractivity contribution in [1.82, 2.24) is 14.5 Å². The van der Waals surface area contributed by atoms with E-state index in [1.165, 1.54) is 0 Å². The number of anilines is 1. The Morgan fingerprint density at radius 1 is 1.06 bits per heavy atom. The van der Waals surface area contributed by atoms with Gasteiger partial charge in [-0.2, -0.15) is 0 Å². The Bertz CT molecular complexity index is 1120. The summed E-state index contributed by atoms with van der Waals surface area (Å²) in [6, 6.07) is 11.1. The number of hydrogen-bond donors (Lipinski definition) is 2. The highest BCUT2D eigenvalue weighted by molar-refractivity contribution is 5.90. The second kappa shape index (κ2) is 11.6. The molecule has 1 aromatic carbocycles. The highest BCUT2D eigenvalue weighted by atomic mass is 16.5. The van der Waals surface area contributed by atoms with Gasteiger partial charge in [0, 0.05) is 12.8 Å². The molecule has 0 aliphatic carbocycles. The summed E-state index contributed by atoms with van der Waals surface area (Å²) >= 11 is 0. The van der Waals surface area contributed by atoms with Gasteiger partial charge in [-0.05, 0) is 55.0 Å². The van der Waals surface area contributed by atoms with Gasteiger partial charge in [-0.3, -0.25) is 4.79 Å². The molecule has 182 valence electrons. The van der Waals surface area contributed by atoms with Crippen molar-refractivity contribution >= 4 is 28.9 Å². The molecule has 0 spiro atoms. The molecule has 0 fully saturated rings. The van der Waals surface area contributed by atoms with E-state index in [0.29, 0.717) is 31.0 Å². The predicted octanol–water partition coefficient (Wildman–Crippen LogP) is 5.05. The van der Waals surface area contributed by atoms with Gasteiger partial charge in [-0.1, -0.05) is 39.8 Å². The van der Waals surface area contributed by atoms with Crippen molar-refractivity contribution in [2.75, 3.05) is 5.32 Å². The molecule has 8 heteroatoms. The summed E-state index contributed by atoms with van der Waals surface area (Å²) < 4.78 is 7.78. The van der Waals surface area contributed by atoms with Gasteiger partial charge in [0.05, 0.1) is 6.54 Å². The minimum Gasteiger partial charge on any atom is -0.479 e. The molecule has 0 saturated heterocycles. The molecule has 0 saturated carbocycles. The Morgan fingerprint density at radius 3 is 2.41 bits per heavy atom. The number of aryl methyl sites for hydroxylation is 1. The third-order valence-electron chi connectivity index (χ3n) is 5.39. The first kappa shape index (κ1) is 25.2. The number of amides is 1. The predicted molar refractivity (Wildman–Crippen MR) is 132 cm³/mol. The highest BCUT2D eigenvalue weighted by Crippen LogP contribution is 2.22. The standard InChI is InChI=1S/C26H34N4O4/c1-5-7-23-27-20-13-14-22(28-24(31)8-6-2)29-25(20)30(23)16-18-9-11-19(12-10-18)34-21(26(32)33)15-17(3)4/h9-14,17,21H,5-8,15-16H2,1-4H3,(H,32,33)(H,28,29,31). The van der Waals surface area contributed by atoms with Crippen LogP contribution in [0.4, 0.5) is 5.82 Å². The van der Waals surface area contributed by atoms with Crippen molar-refractivity contribution in [3.63, 3.8) is 0 Å². The molecule has 8 nitrogen and oxygen atoms in total. The number of nitrogens with zero attached hydrogens (tertiary/aromatic N) is 3. The lowest BCUT2D eigenvalue weighted by Gasteiger charge is -2.17. The number of benzene rings is 1. The summed E-state index contributed by atoms with van der Waals surface area (Å²) in [5.74, 6) is 1.19. The lowest BCUT2D eigenvalue weighted by atomic mass is 10.1. The number of imidazole rings is 1. The topological polar surface area (TPSA) is 106 Å². The molecule has 0 aliphatic rings. The van der Waals surface area contributed by atoms with Gasteiger partial charge in [0.2, 0.25) is 5.91 Å². The number of carbonyl (C=O) groups excluding carboxylic acids is 1. The SMILES string of the molecule is CCCC(=O)Nc1ccc2nc(CCC)n(Cc3ccc(OC(CC(C)C)C(=O)O)cc3)c2n1. The maximum absolute atomic E-state index is 12.0. The Kier molecular flexibility index (Phi) is 8.62. The number of carboxylic acid groups (broad SMARTS) is 1. The first-order chi connectivity index (χ1) is 16.3. The number of carbonyl (C=O) groups is 2. The normalized spacial score (nSPS) is 12.1. The summed E-state index contributed by atoms with van der Waals surface area (Å²) in [6.45, 7) is 8.57. The lowest BCUT2D eigenvalue weighted by molar-refractivity contribution is -0.145. The molecule has 0 radical (unpaired) electrons.